The van der Waals surface area contributed by atoms with Gasteiger partial charge in [0.1, 0.15) is 4.99 Å². The van der Waals surface area contributed by atoms with Gasteiger partial charge in [-0.1, -0.05) is 60.2 Å². The number of nitrogens with one attached hydrogen (secondary N) is 1. The first kappa shape index (κ1) is 15.5. The van der Waals surface area contributed by atoms with Gasteiger partial charge in [-0.05, 0) is 24.6 Å². The van der Waals surface area contributed by atoms with Crippen LogP contribution < -0.4 is 11.1 Å². The van der Waals surface area contributed by atoms with Crippen LogP contribution in [0, 0.1) is 0 Å². The first-order valence-corrected chi connectivity index (χ1v) is 7.23. The molecule has 0 aliphatic carbocycles. The molecule has 2 aromatic rings. The van der Waals surface area contributed by atoms with Crippen molar-refractivity contribution < 1.29 is 4.79 Å². The van der Waals surface area contributed by atoms with Crippen LogP contribution in [-0.4, -0.2) is 10.9 Å². The molecule has 3 N–H and O–H groups in total. The van der Waals surface area contributed by atoms with Crippen LogP contribution in [0.15, 0.2) is 48.5 Å². The summed E-state index contributed by atoms with van der Waals surface area (Å²) in [5.74, 6) is -0.418. The van der Waals surface area contributed by atoms with Crippen LogP contribution in [0.25, 0.3) is 0 Å². The molecule has 0 heterocycles. The Balaban J connectivity index is 2.20. The molecule has 2 rings (SSSR count). The second-order valence-corrected chi connectivity index (χ2v) is 5.53. The third-order valence-electron chi connectivity index (χ3n) is 3.20. The molecule has 21 heavy (non-hydrogen) atoms. The van der Waals surface area contributed by atoms with Crippen LogP contribution in [0.5, 0.6) is 0 Å². The van der Waals surface area contributed by atoms with Crippen LogP contribution in [0.4, 0.5) is 5.69 Å². The lowest BCUT2D eigenvalue weighted by molar-refractivity contribution is -0.117. The zero-order valence-corrected chi connectivity index (χ0v) is 13.0. The predicted molar refractivity (Wildman–Crippen MR) is 90.8 cm³/mol. The van der Waals surface area contributed by atoms with Gasteiger partial charge in [-0.25, -0.2) is 0 Å². The highest BCUT2D eigenvalue weighted by Gasteiger charge is 2.16. The molecule has 0 saturated carbocycles. The third-order valence-corrected chi connectivity index (χ3v) is 3.77. The topological polar surface area (TPSA) is 55.1 Å². The molecule has 5 heteroatoms. The molecule has 0 aliphatic heterocycles. The van der Waals surface area contributed by atoms with Crippen molar-refractivity contribution in [3.8, 4) is 0 Å². The SMILES string of the molecule is CC(C(=O)Nc1cc(C(N)=S)ccc1Cl)c1ccccc1. The van der Waals surface area contributed by atoms with E-state index in [0.29, 0.717) is 16.3 Å². The van der Waals surface area contributed by atoms with Gasteiger partial charge in [-0.2, -0.15) is 0 Å². The van der Waals surface area contributed by atoms with Crippen molar-refractivity contribution in [3.05, 3.63) is 64.7 Å². The van der Waals surface area contributed by atoms with Gasteiger partial charge < -0.3 is 11.1 Å². The quantitative estimate of drug-likeness (QED) is 0.845. The molecular formula is C16H15ClN2OS. The van der Waals surface area contributed by atoms with Crippen LogP contribution in [-0.2, 0) is 4.79 Å². The van der Waals surface area contributed by atoms with Gasteiger partial charge in [0.2, 0.25) is 5.91 Å². The molecule has 108 valence electrons. The van der Waals surface area contributed by atoms with Crippen LogP contribution in [0.3, 0.4) is 0 Å². The highest BCUT2D eigenvalue weighted by Crippen LogP contribution is 2.25. The lowest BCUT2D eigenvalue weighted by Crippen LogP contribution is -2.19. The normalized spacial score (nSPS) is 11.7. The molecule has 0 bridgehead atoms. The van der Waals surface area contributed by atoms with Crippen molar-refractivity contribution in [3.63, 3.8) is 0 Å². The largest absolute Gasteiger partial charge is 0.389 e. The summed E-state index contributed by atoms with van der Waals surface area (Å²) in [7, 11) is 0. The minimum absolute atomic E-state index is 0.136. The molecule has 1 unspecified atom stereocenters. The zero-order chi connectivity index (χ0) is 15.4. The van der Waals surface area contributed by atoms with Gasteiger partial charge in [-0.3, -0.25) is 4.79 Å². The summed E-state index contributed by atoms with van der Waals surface area (Å²) in [6.07, 6.45) is 0. The molecule has 1 amide bonds. The van der Waals surface area contributed by atoms with Crippen molar-refractivity contribution in [2.24, 2.45) is 5.73 Å². The summed E-state index contributed by atoms with van der Waals surface area (Å²) in [6, 6.07) is 14.6. The smallest absolute Gasteiger partial charge is 0.231 e. The Bertz CT molecular complexity index is 673. The van der Waals surface area contributed by atoms with Gasteiger partial charge in [0.25, 0.3) is 0 Å². The van der Waals surface area contributed by atoms with Gasteiger partial charge >= 0.3 is 0 Å². The van der Waals surface area contributed by atoms with E-state index in [0.717, 1.165) is 5.56 Å². The second-order valence-electron chi connectivity index (χ2n) is 4.68. The zero-order valence-electron chi connectivity index (χ0n) is 11.5. The number of benzene rings is 2. The molecule has 0 aliphatic rings. The van der Waals surface area contributed by atoms with Crippen molar-refractivity contribution in [2.75, 3.05) is 5.32 Å². The Morgan fingerprint density at radius 2 is 1.90 bits per heavy atom. The lowest BCUT2D eigenvalue weighted by atomic mass is 10.0. The number of anilines is 1. The summed E-state index contributed by atoms with van der Waals surface area (Å²) in [5, 5.41) is 3.27. The second kappa shape index (κ2) is 6.70. The Morgan fingerprint density at radius 1 is 1.24 bits per heavy atom. The third kappa shape index (κ3) is 3.80. The maximum Gasteiger partial charge on any atom is 0.231 e. The van der Waals surface area contributed by atoms with E-state index in [9.17, 15) is 4.79 Å². The van der Waals surface area contributed by atoms with Crippen LogP contribution >= 0.6 is 23.8 Å². The van der Waals surface area contributed by atoms with Gasteiger partial charge in [0, 0.05) is 5.56 Å². The monoisotopic (exact) mass is 318 g/mol. The Morgan fingerprint density at radius 3 is 2.52 bits per heavy atom. The highest BCUT2D eigenvalue weighted by molar-refractivity contribution is 7.80. The average molecular weight is 319 g/mol. The van der Waals surface area contributed by atoms with Gasteiger partial charge in [-0.15, -0.1) is 0 Å². The lowest BCUT2D eigenvalue weighted by Gasteiger charge is -2.14. The highest BCUT2D eigenvalue weighted by atomic mass is 35.5. The summed E-state index contributed by atoms with van der Waals surface area (Å²) >= 11 is 11.0. The van der Waals surface area contributed by atoms with Crippen molar-refractivity contribution in [1.82, 2.24) is 0 Å². The van der Waals surface area contributed by atoms with E-state index in [4.69, 9.17) is 29.6 Å². The maximum absolute atomic E-state index is 12.3. The van der Waals surface area contributed by atoms with E-state index in [-0.39, 0.29) is 16.8 Å². The fourth-order valence-electron chi connectivity index (χ4n) is 1.91. The minimum atomic E-state index is -0.282. The van der Waals surface area contributed by atoms with E-state index in [1.54, 1.807) is 18.2 Å². The molecule has 0 aromatic heterocycles. The van der Waals surface area contributed by atoms with Crippen LogP contribution in [0.2, 0.25) is 5.02 Å². The molecular weight excluding hydrogens is 304 g/mol. The van der Waals surface area contributed by atoms with Crippen molar-refractivity contribution in [1.29, 1.82) is 0 Å². The number of carbonyl (C=O) groups is 1. The standard InChI is InChI=1S/C16H15ClN2OS/c1-10(11-5-3-2-4-6-11)16(20)19-14-9-12(15(18)21)7-8-13(14)17/h2-10H,1H3,(H2,18,21)(H,19,20). The molecule has 3 nitrogen and oxygen atoms in total. The van der Waals surface area contributed by atoms with E-state index in [1.807, 2.05) is 37.3 Å². The van der Waals surface area contributed by atoms with Gasteiger partial charge in [0.15, 0.2) is 0 Å². The molecule has 0 saturated heterocycles. The maximum atomic E-state index is 12.3. The number of amides is 1. The van der Waals surface area contributed by atoms with E-state index in [1.165, 1.54) is 0 Å². The average Bonchev–Trinajstić information content (AvgIpc) is 2.49. The molecule has 0 fully saturated rings. The first-order chi connectivity index (χ1) is 9.99. The summed E-state index contributed by atoms with van der Waals surface area (Å²) < 4.78 is 0. The Hall–Kier alpha value is -1.91. The Labute approximate surface area is 134 Å². The number of thiocarbonyl (C=S) groups is 1. The summed E-state index contributed by atoms with van der Waals surface area (Å²) in [4.78, 5) is 12.6. The molecule has 1 atom stereocenters. The number of rotatable bonds is 4. The van der Waals surface area contributed by atoms with Gasteiger partial charge in [0.05, 0.1) is 16.6 Å². The van der Waals surface area contributed by atoms with E-state index in [2.05, 4.69) is 5.32 Å². The number of hydrogen-bond acceptors (Lipinski definition) is 2. The number of halogens is 1. The number of nitrogens with two attached hydrogens (primary N) is 1. The molecule has 2 aromatic carbocycles. The van der Waals surface area contributed by atoms with E-state index < -0.39 is 0 Å². The van der Waals surface area contributed by atoms with E-state index >= 15 is 0 Å². The molecule has 0 spiro atoms. The molecule has 0 radical (unpaired) electrons. The fourth-order valence-corrected chi connectivity index (χ4v) is 2.20. The minimum Gasteiger partial charge on any atom is -0.389 e. The number of carbonyl (C=O) groups excluding carboxylic acids is 1. The van der Waals surface area contributed by atoms with Crippen molar-refractivity contribution >= 4 is 40.4 Å². The summed E-state index contributed by atoms with van der Waals surface area (Å²) in [6.45, 7) is 1.84. The number of hydrogen-bond donors (Lipinski definition) is 2. The fraction of sp³-hybridized carbons (Fsp3) is 0.125. The first-order valence-electron chi connectivity index (χ1n) is 6.44. The predicted octanol–water partition coefficient (Wildman–Crippen LogP) is 3.72. The summed E-state index contributed by atoms with van der Waals surface area (Å²) in [5.41, 5.74) is 7.70. The van der Waals surface area contributed by atoms with Crippen LogP contribution in [0.1, 0.15) is 24.0 Å². The Kier molecular flexibility index (Phi) is 4.94. The van der Waals surface area contributed by atoms with Crippen molar-refractivity contribution in [2.45, 2.75) is 12.8 Å².